The molecule has 266 valence electrons. The van der Waals surface area contributed by atoms with Crippen LogP contribution < -0.4 is 10.6 Å². The van der Waals surface area contributed by atoms with E-state index in [2.05, 4.69) is 26.2 Å². The molecule has 51 heavy (non-hydrogen) atoms. The highest BCUT2D eigenvalue weighted by Crippen LogP contribution is 2.36. The van der Waals surface area contributed by atoms with Gasteiger partial charge in [-0.2, -0.15) is 4.68 Å². The molecule has 3 aromatic carbocycles. The minimum Gasteiger partial charge on any atom is -0.456 e. The van der Waals surface area contributed by atoms with Crippen molar-refractivity contribution in [3.63, 3.8) is 0 Å². The zero-order valence-corrected chi connectivity index (χ0v) is 29.6. The third-order valence-electron chi connectivity index (χ3n) is 8.86. The lowest BCUT2D eigenvalue weighted by Gasteiger charge is -2.44. The number of benzene rings is 3. The maximum absolute atomic E-state index is 14.4. The molecule has 0 bridgehead atoms. The van der Waals surface area contributed by atoms with E-state index in [9.17, 15) is 14.4 Å². The van der Waals surface area contributed by atoms with E-state index in [1.54, 1.807) is 74.2 Å². The van der Waals surface area contributed by atoms with E-state index < -0.39 is 17.6 Å². The number of hydrogen-bond acceptors (Lipinski definition) is 9. The van der Waals surface area contributed by atoms with Gasteiger partial charge in [-0.05, 0) is 118 Å². The minimum atomic E-state index is -0.874. The van der Waals surface area contributed by atoms with Crippen LogP contribution in [0.5, 0.6) is 0 Å². The summed E-state index contributed by atoms with van der Waals surface area (Å²) >= 11 is 6.35. The van der Waals surface area contributed by atoms with Crippen molar-refractivity contribution in [3.8, 4) is 5.69 Å². The van der Waals surface area contributed by atoms with E-state index in [0.717, 1.165) is 31.5 Å². The summed E-state index contributed by atoms with van der Waals surface area (Å²) in [6, 6.07) is 20.6. The summed E-state index contributed by atoms with van der Waals surface area (Å²) < 4.78 is 13.6. The summed E-state index contributed by atoms with van der Waals surface area (Å²) in [6.45, 7) is 7.37. The molecule has 3 atom stereocenters. The first-order valence-electron chi connectivity index (χ1n) is 17.1. The van der Waals surface area contributed by atoms with Crippen LogP contribution >= 0.6 is 11.6 Å². The fourth-order valence-corrected chi connectivity index (χ4v) is 6.73. The quantitative estimate of drug-likeness (QED) is 0.171. The molecule has 0 aliphatic carbocycles. The van der Waals surface area contributed by atoms with Crippen molar-refractivity contribution in [3.05, 3.63) is 107 Å². The molecule has 4 aromatic rings. The van der Waals surface area contributed by atoms with Crippen molar-refractivity contribution < 1.29 is 23.9 Å². The van der Waals surface area contributed by atoms with Gasteiger partial charge in [-0.3, -0.25) is 9.59 Å². The van der Waals surface area contributed by atoms with Gasteiger partial charge in [0, 0.05) is 34.8 Å². The molecular formula is C38H42ClN7O5. The third kappa shape index (κ3) is 9.26. The highest BCUT2D eigenvalue weighted by molar-refractivity contribution is 6.30. The SMILES string of the molecule is CC(C)(C)OC(=O)c1ccc(NC(=O)C2C(c3ccccc3)CC(OC3CCNCC3)CN2C(=O)C=Cc2cc(Cl)ccc2-n2cnnn2)cc1. The molecule has 12 nitrogen and oxygen atoms in total. The Balaban J connectivity index is 1.32. The molecule has 2 aliphatic rings. The van der Waals surface area contributed by atoms with Gasteiger partial charge >= 0.3 is 5.97 Å². The molecular weight excluding hydrogens is 670 g/mol. The van der Waals surface area contributed by atoms with E-state index in [1.165, 1.54) is 17.1 Å². The van der Waals surface area contributed by atoms with E-state index >= 15 is 0 Å². The highest BCUT2D eigenvalue weighted by Gasteiger charge is 2.44. The lowest BCUT2D eigenvalue weighted by atomic mass is 9.81. The fraction of sp³-hybridized carbons (Fsp3) is 0.368. The number of halogens is 1. The number of anilines is 1. The molecule has 2 fully saturated rings. The predicted molar refractivity (Wildman–Crippen MR) is 194 cm³/mol. The standard InChI is InChI=1S/C38H42ClN7O5/c1-38(2,3)51-37(49)26-9-13-29(14-10-26)42-36(48)35-32(25-7-5-4-6-8-25)22-31(50-30-17-19-40-20-18-30)23-45(35)34(47)16-11-27-21-28(39)12-15-33(27)46-24-41-43-44-46/h4-16,21,24,30-32,35,40H,17-20,22-23H2,1-3H3,(H,42,48). The van der Waals surface area contributed by atoms with Crippen molar-refractivity contribution in [1.82, 2.24) is 30.4 Å². The van der Waals surface area contributed by atoms with E-state index in [1.807, 2.05) is 30.3 Å². The van der Waals surface area contributed by atoms with Crippen molar-refractivity contribution in [2.24, 2.45) is 0 Å². The number of amides is 2. The molecule has 3 heterocycles. The van der Waals surface area contributed by atoms with Crippen molar-refractivity contribution >= 4 is 41.1 Å². The number of hydrogen-bond donors (Lipinski definition) is 2. The molecule has 0 radical (unpaired) electrons. The van der Waals surface area contributed by atoms with Crippen molar-refractivity contribution in [2.45, 2.75) is 69.8 Å². The molecule has 0 spiro atoms. The Morgan fingerprint density at radius 3 is 2.41 bits per heavy atom. The van der Waals surface area contributed by atoms with Crippen LogP contribution in [-0.4, -0.2) is 86.4 Å². The van der Waals surface area contributed by atoms with Crippen LogP contribution in [-0.2, 0) is 19.1 Å². The summed E-state index contributed by atoms with van der Waals surface area (Å²) in [5.41, 5.74) is 2.39. The number of carbonyl (C=O) groups is 3. The third-order valence-corrected chi connectivity index (χ3v) is 9.10. The lowest BCUT2D eigenvalue weighted by Crippen LogP contribution is -2.57. The molecule has 2 saturated heterocycles. The number of esters is 1. The number of carbonyl (C=O) groups excluding carboxylic acids is 3. The number of rotatable bonds is 9. The Morgan fingerprint density at radius 1 is 0.980 bits per heavy atom. The van der Waals surface area contributed by atoms with Gasteiger partial charge < -0.3 is 25.0 Å². The molecule has 2 amide bonds. The van der Waals surface area contributed by atoms with Gasteiger partial charge in [-0.25, -0.2) is 4.79 Å². The topological polar surface area (TPSA) is 141 Å². The summed E-state index contributed by atoms with van der Waals surface area (Å²) in [7, 11) is 0. The second-order valence-corrected chi connectivity index (χ2v) is 14.2. The largest absolute Gasteiger partial charge is 0.456 e. The van der Waals surface area contributed by atoms with Gasteiger partial charge in [-0.1, -0.05) is 41.9 Å². The molecule has 13 heteroatoms. The second-order valence-electron chi connectivity index (χ2n) is 13.8. The van der Waals surface area contributed by atoms with Crippen LogP contribution in [0.25, 0.3) is 11.8 Å². The zero-order valence-electron chi connectivity index (χ0n) is 28.9. The number of tetrazole rings is 1. The number of aromatic nitrogens is 4. The van der Waals surface area contributed by atoms with Gasteiger partial charge in [0.15, 0.2) is 0 Å². The van der Waals surface area contributed by atoms with Crippen LogP contribution in [0.3, 0.4) is 0 Å². The molecule has 0 saturated carbocycles. The first-order chi connectivity index (χ1) is 24.5. The Morgan fingerprint density at radius 2 is 1.73 bits per heavy atom. The molecule has 3 unspecified atom stereocenters. The van der Waals surface area contributed by atoms with E-state index in [0.29, 0.717) is 33.9 Å². The van der Waals surface area contributed by atoms with Gasteiger partial charge in [-0.15, -0.1) is 5.10 Å². The summed E-state index contributed by atoms with van der Waals surface area (Å²) in [6.07, 6.45) is 6.62. The molecule has 2 aliphatic heterocycles. The first-order valence-corrected chi connectivity index (χ1v) is 17.5. The predicted octanol–water partition coefficient (Wildman–Crippen LogP) is 5.44. The number of ether oxygens (including phenoxy) is 2. The molecule has 6 rings (SSSR count). The first kappa shape index (κ1) is 35.9. The van der Waals surface area contributed by atoms with Gasteiger partial charge in [0.25, 0.3) is 0 Å². The number of nitrogens with one attached hydrogen (secondary N) is 2. The van der Waals surface area contributed by atoms with Gasteiger partial charge in [0.2, 0.25) is 11.8 Å². The summed E-state index contributed by atoms with van der Waals surface area (Å²) in [4.78, 5) is 42.9. The Kier molecular flexibility index (Phi) is 11.2. The minimum absolute atomic E-state index is 0.0549. The number of piperidine rings is 2. The normalized spacial score (nSPS) is 19.9. The van der Waals surface area contributed by atoms with Crippen LogP contribution in [0.1, 0.15) is 67.4 Å². The van der Waals surface area contributed by atoms with E-state index in [-0.39, 0.29) is 36.5 Å². The maximum Gasteiger partial charge on any atom is 0.338 e. The van der Waals surface area contributed by atoms with Gasteiger partial charge in [0.05, 0.1) is 23.5 Å². The van der Waals surface area contributed by atoms with Crippen molar-refractivity contribution in [1.29, 1.82) is 0 Å². The lowest BCUT2D eigenvalue weighted by molar-refractivity contribution is -0.145. The van der Waals surface area contributed by atoms with Crippen LogP contribution in [0.4, 0.5) is 5.69 Å². The maximum atomic E-state index is 14.4. The molecule has 2 N–H and O–H groups in total. The van der Waals surface area contributed by atoms with Gasteiger partial charge in [0.1, 0.15) is 18.0 Å². The van der Waals surface area contributed by atoms with Crippen LogP contribution in [0.2, 0.25) is 5.02 Å². The summed E-state index contributed by atoms with van der Waals surface area (Å²) in [5.74, 6) is -1.54. The Hall–Kier alpha value is -4.91. The van der Waals surface area contributed by atoms with Crippen molar-refractivity contribution in [2.75, 3.05) is 25.0 Å². The fourth-order valence-electron chi connectivity index (χ4n) is 6.55. The highest BCUT2D eigenvalue weighted by atomic mass is 35.5. The Labute approximate surface area is 302 Å². The van der Waals surface area contributed by atoms with E-state index in [4.69, 9.17) is 21.1 Å². The number of likely N-dealkylation sites (tertiary alicyclic amines) is 1. The average Bonchev–Trinajstić information content (AvgIpc) is 3.66. The zero-order chi connectivity index (χ0) is 36.0. The monoisotopic (exact) mass is 711 g/mol. The second kappa shape index (κ2) is 16.0. The summed E-state index contributed by atoms with van der Waals surface area (Å²) in [5, 5.41) is 18.3. The van der Waals surface area contributed by atoms with Crippen LogP contribution in [0, 0.1) is 0 Å². The number of nitrogens with zero attached hydrogens (tertiary/aromatic N) is 5. The smallest absolute Gasteiger partial charge is 0.338 e. The molecule has 1 aromatic heterocycles. The van der Waals surface area contributed by atoms with Crippen LogP contribution in [0.15, 0.2) is 85.2 Å². The Bertz CT molecular complexity index is 1840. The average molecular weight is 712 g/mol.